The molecule has 1 unspecified atom stereocenters. The van der Waals surface area contributed by atoms with Gasteiger partial charge in [-0.2, -0.15) is 9.97 Å². The molecule has 3 rings (SSSR count). The summed E-state index contributed by atoms with van der Waals surface area (Å²) in [5.74, 6) is -1.21. The first kappa shape index (κ1) is 23.3. The van der Waals surface area contributed by atoms with Gasteiger partial charge < -0.3 is 25.9 Å². The van der Waals surface area contributed by atoms with Crippen molar-refractivity contribution in [3.05, 3.63) is 45.9 Å². The minimum atomic E-state index is -0.845. The number of hydrogen-bond acceptors (Lipinski definition) is 7. The van der Waals surface area contributed by atoms with Crippen molar-refractivity contribution < 1.29 is 14.6 Å². The van der Waals surface area contributed by atoms with Crippen molar-refractivity contribution in [1.82, 2.24) is 24.8 Å². The maximum atomic E-state index is 12.4. The highest BCUT2D eigenvalue weighted by molar-refractivity contribution is 5.81. The first-order valence-electron chi connectivity index (χ1n) is 10.8. The molecule has 0 amide bonds. The summed E-state index contributed by atoms with van der Waals surface area (Å²) in [6.45, 7) is 5.95. The number of aromatic nitrogens is 4. The van der Waals surface area contributed by atoms with Crippen LogP contribution in [0.25, 0.3) is 11.2 Å². The quantitative estimate of drug-likeness (QED) is 0.312. The summed E-state index contributed by atoms with van der Waals surface area (Å²) in [7, 11) is 0. The Hall–Kier alpha value is -3.40. The Morgan fingerprint density at radius 2 is 2.16 bits per heavy atom. The Bertz CT molecular complexity index is 1120. The second-order valence-electron chi connectivity index (χ2n) is 7.71. The summed E-state index contributed by atoms with van der Waals surface area (Å²) in [6, 6.07) is 7.70. The number of carboxylic acids is 1. The summed E-state index contributed by atoms with van der Waals surface area (Å²) in [4.78, 5) is 34.8. The molecule has 1 atom stereocenters. The number of carboxylic acid groups (broad SMARTS) is 1. The second kappa shape index (κ2) is 10.8. The molecule has 0 saturated heterocycles. The molecule has 2 aromatic heterocycles. The lowest BCUT2D eigenvalue weighted by atomic mass is 9.99. The summed E-state index contributed by atoms with van der Waals surface area (Å²) < 4.78 is 7.09. The van der Waals surface area contributed by atoms with Crippen molar-refractivity contribution in [2.75, 3.05) is 18.9 Å². The van der Waals surface area contributed by atoms with Gasteiger partial charge in [-0.05, 0) is 37.4 Å². The fourth-order valence-electron chi connectivity index (χ4n) is 3.32. The number of unbranched alkanes of at least 4 members (excludes halogenated alkanes) is 1. The predicted octanol–water partition coefficient (Wildman–Crippen LogP) is 2.25. The monoisotopic (exact) mass is 442 g/mol. The van der Waals surface area contributed by atoms with Gasteiger partial charge in [-0.25, -0.2) is 4.79 Å². The van der Waals surface area contributed by atoms with E-state index in [0.717, 1.165) is 24.0 Å². The Balaban J connectivity index is 1.58. The van der Waals surface area contributed by atoms with E-state index in [4.69, 9.17) is 10.5 Å². The number of nitrogens with one attached hydrogen (secondary N) is 2. The summed E-state index contributed by atoms with van der Waals surface area (Å²) in [5.41, 5.74) is 8.31. The minimum Gasteiger partial charge on any atom is -0.481 e. The fourth-order valence-corrected chi connectivity index (χ4v) is 3.32. The third-order valence-corrected chi connectivity index (χ3v) is 5.25. The number of nitrogens with zero attached hydrogens (tertiary/aromatic N) is 3. The predicted molar refractivity (Wildman–Crippen MR) is 122 cm³/mol. The van der Waals surface area contributed by atoms with E-state index in [2.05, 4.69) is 27.2 Å². The zero-order chi connectivity index (χ0) is 23.1. The number of nitrogens with two attached hydrogens (primary N) is 1. The van der Waals surface area contributed by atoms with E-state index in [9.17, 15) is 14.7 Å². The number of aromatic amines is 1. The Kier molecular flexibility index (Phi) is 7.82. The highest BCUT2D eigenvalue weighted by atomic mass is 16.5. The molecule has 10 heteroatoms. The zero-order valence-corrected chi connectivity index (χ0v) is 18.4. The van der Waals surface area contributed by atoms with Crippen molar-refractivity contribution in [3.63, 3.8) is 0 Å². The molecule has 0 spiro atoms. The van der Waals surface area contributed by atoms with E-state index < -0.39 is 11.9 Å². The lowest BCUT2D eigenvalue weighted by molar-refractivity contribution is -0.138. The maximum absolute atomic E-state index is 12.4. The highest BCUT2D eigenvalue weighted by Crippen LogP contribution is 2.18. The lowest BCUT2D eigenvalue weighted by Crippen LogP contribution is -2.21. The molecule has 10 nitrogen and oxygen atoms in total. The van der Waals surface area contributed by atoms with Crippen LogP contribution in [0.4, 0.5) is 5.82 Å². The Morgan fingerprint density at radius 3 is 2.91 bits per heavy atom. The van der Waals surface area contributed by atoms with Crippen LogP contribution in [0.1, 0.15) is 50.2 Å². The zero-order valence-electron chi connectivity index (χ0n) is 18.4. The number of anilines is 1. The molecule has 2 heterocycles. The van der Waals surface area contributed by atoms with E-state index in [1.165, 1.54) is 4.57 Å². The van der Waals surface area contributed by atoms with Crippen molar-refractivity contribution in [1.29, 1.82) is 0 Å². The van der Waals surface area contributed by atoms with Crippen LogP contribution in [-0.4, -0.2) is 43.7 Å². The summed E-state index contributed by atoms with van der Waals surface area (Å²) in [5, 5.41) is 12.5. The SMILES string of the molecule is CCCCOc1nc(N)c2[nH]c(=O)n(CCCNCc3cccc(C(C)C(=O)O)c3)c2n1. The van der Waals surface area contributed by atoms with E-state index in [0.29, 0.717) is 43.8 Å². The van der Waals surface area contributed by atoms with Crippen LogP contribution in [0.3, 0.4) is 0 Å². The number of fused-ring (bicyclic) bond motifs is 1. The number of H-pyrrole nitrogens is 1. The maximum Gasteiger partial charge on any atom is 0.327 e. The molecule has 0 saturated carbocycles. The standard InChI is InChI=1S/C22H30N6O4/c1-3-4-11-32-21-26-18(23)17-19(27-21)28(22(31)25-17)10-6-9-24-13-15-7-5-8-16(12-15)14(2)20(29)30/h5,7-8,12,14,24H,3-4,6,9-11,13H2,1-2H3,(H,25,31)(H,29,30)(H2,23,26,27). The number of aryl methyl sites for hydroxylation is 1. The summed E-state index contributed by atoms with van der Waals surface area (Å²) in [6.07, 6.45) is 2.56. The third kappa shape index (κ3) is 5.64. The van der Waals surface area contributed by atoms with Gasteiger partial charge >= 0.3 is 17.7 Å². The average Bonchev–Trinajstić information content (AvgIpc) is 3.09. The molecule has 1 aromatic carbocycles. The Morgan fingerprint density at radius 1 is 1.34 bits per heavy atom. The number of benzene rings is 1. The van der Waals surface area contributed by atoms with Crippen LogP contribution in [0.2, 0.25) is 0 Å². The summed E-state index contributed by atoms with van der Waals surface area (Å²) >= 11 is 0. The van der Waals surface area contributed by atoms with E-state index in [-0.39, 0.29) is 17.5 Å². The second-order valence-corrected chi connectivity index (χ2v) is 7.71. The molecule has 0 aliphatic carbocycles. The number of carbonyl (C=O) groups is 1. The molecule has 3 aromatic rings. The molecular formula is C22H30N6O4. The molecule has 172 valence electrons. The van der Waals surface area contributed by atoms with Crippen molar-refractivity contribution in [2.24, 2.45) is 0 Å². The van der Waals surface area contributed by atoms with Gasteiger partial charge in [0.15, 0.2) is 11.5 Å². The van der Waals surface area contributed by atoms with Crippen LogP contribution in [0.5, 0.6) is 6.01 Å². The molecule has 5 N–H and O–H groups in total. The number of nitrogen functional groups attached to an aromatic ring is 1. The third-order valence-electron chi connectivity index (χ3n) is 5.25. The van der Waals surface area contributed by atoms with Crippen LogP contribution in [0, 0.1) is 0 Å². The van der Waals surface area contributed by atoms with E-state index in [1.54, 1.807) is 6.92 Å². The largest absolute Gasteiger partial charge is 0.481 e. The molecule has 0 fully saturated rings. The number of aliphatic carboxylic acids is 1. The molecule has 0 bridgehead atoms. The first-order valence-corrected chi connectivity index (χ1v) is 10.8. The van der Waals surface area contributed by atoms with Crippen molar-refractivity contribution in [3.8, 4) is 6.01 Å². The number of rotatable bonds is 12. The average molecular weight is 443 g/mol. The van der Waals surface area contributed by atoms with E-state index in [1.807, 2.05) is 24.3 Å². The van der Waals surface area contributed by atoms with E-state index >= 15 is 0 Å². The van der Waals surface area contributed by atoms with Crippen LogP contribution in [0.15, 0.2) is 29.1 Å². The number of ether oxygens (including phenoxy) is 1. The normalized spacial score (nSPS) is 12.2. The molecular weight excluding hydrogens is 412 g/mol. The van der Waals surface area contributed by atoms with Crippen LogP contribution in [-0.2, 0) is 17.9 Å². The van der Waals surface area contributed by atoms with Crippen molar-refractivity contribution >= 4 is 23.0 Å². The smallest absolute Gasteiger partial charge is 0.327 e. The molecule has 32 heavy (non-hydrogen) atoms. The molecule has 0 radical (unpaired) electrons. The first-order chi connectivity index (χ1) is 15.4. The topological polar surface area (TPSA) is 148 Å². The number of hydrogen-bond donors (Lipinski definition) is 4. The Labute approximate surface area is 185 Å². The van der Waals surface area contributed by atoms with Crippen LogP contribution >= 0.6 is 0 Å². The van der Waals surface area contributed by atoms with Gasteiger partial charge in [-0.15, -0.1) is 0 Å². The van der Waals surface area contributed by atoms with Crippen molar-refractivity contribution in [2.45, 2.75) is 52.1 Å². The fraction of sp³-hybridized carbons (Fsp3) is 0.455. The van der Waals surface area contributed by atoms with Gasteiger partial charge in [0.2, 0.25) is 0 Å². The minimum absolute atomic E-state index is 0.171. The number of imidazole rings is 1. The molecule has 0 aliphatic heterocycles. The molecule has 0 aliphatic rings. The van der Waals surface area contributed by atoms with Crippen LogP contribution < -0.4 is 21.5 Å². The van der Waals surface area contributed by atoms with Gasteiger partial charge in [0.25, 0.3) is 0 Å². The van der Waals surface area contributed by atoms with Gasteiger partial charge in [-0.3, -0.25) is 9.36 Å². The lowest BCUT2D eigenvalue weighted by Gasteiger charge is -2.10. The van der Waals surface area contributed by atoms with Gasteiger partial charge in [0.05, 0.1) is 12.5 Å². The highest BCUT2D eigenvalue weighted by Gasteiger charge is 2.15. The van der Waals surface area contributed by atoms with Gasteiger partial charge in [-0.1, -0.05) is 37.6 Å². The van der Waals surface area contributed by atoms with Gasteiger partial charge in [0.1, 0.15) is 5.52 Å². The van der Waals surface area contributed by atoms with Gasteiger partial charge in [0, 0.05) is 13.1 Å².